The Morgan fingerprint density at radius 1 is 0.328 bits per heavy atom. The van der Waals surface area contributed by atoms with Gasteiger partial charge in [0.25, 0.3) is 0 Å². The summed E-state index contributed by atoms with van der Waals surface area (Å²) in [6.45, 7) is 6.42. The molecule has 0 spiro atoms. The minimum absolute atomic E-state index is 0.0866. The van der Waals surface area contributed by atoms with E-state index in [1.54, 1.807) is 0 Å². The third-order valence-electron chi connectivity index (χ3n) is 11.2. The molecule has 0 radical (unpaired) electrons. The van der Waals surface area contributed by atoms with E-state index in [1.807, 2.05) is 0 Å². The highest BCUT2D eigenvalue weighted by Crippen LogP contribution is 2.15. The van der Waals surface area contributed by atoms with Crippen molar-refractivity contribution in [3.8, 4) is 0 Å². The van der Waals surface area contributed by atoms with Crippen molar-refractivity contribution in [3.63, 3.8) is 0 Å². The minimum Gasteiger partial charge on any atom is -0.462 e. The van der Waals surface area contributed by atoms with Crippen molar-refractivity contribution in [2.45, 2.75) is 252 Å². The first-order valence-corrected chi connectivity index (χ1v) is 26.6. The largest absolute Gasteiger partial charge is 0.462 e. The fraction of sp³-hybridized carbons (Fsp3) is 0.707. The number of carbonyl (C=O) groups is 3. The fourth-order valence-electron chi connectivity index (χ4n) is 7.19. The van der Waals surface area contributed by atoms with E-state index in [2.05, 4.69) is 106 Å². The summed E-state index contributed by atoms with van der Waals surface area (Å²) in [6.07, 6.45) is 67.5. The lowest BCUT2D eigenvalue weighted by Crippen LogP contribution is -2.30. The Balaban J connectivity index is 4.21. The molecule has 0 aromatic carbocycles. The summed E-state index contributed by atoms with van der Waals surface area (Å²) in [5.74, 6) is -0.932. The van der Waals surface area contributed by atoms with Gasteiger partial charge in [-0.2, -0.15) is 0 Å². The van der Waals surface area contributed by atoms with Gasteiger partial charge in [0.1, 0.15) is 13.2 Å². The van der Waals surface area contributed by atoms with Gasteiger partial charge in [-0.25, -0.2) is 0 Å². The molecule has 0 heterocycles. The fourth-order valence-corrected chi connectivity index (χ4v) is 7.19. The summed E-state index contributed by atoms with van der Waals surface area (Å²) in [4.78, 5) is 37.7. The van der Waals surface area contributed by atoms with E-state index in [-0.39, 0.29) is 31.1 Å². The van der Waals surface area contributed by atoms with Crippen LogP contribution in [0.25, 0.3) is 0 Å². The molecule has 0 saturated heterocycles. The molecule has 0 rings (SSSR count). The number of carbonyl (C=O) groups excluding carboxylic acids is 3. The molecule has 0 aliphatic heterocycles. The van der Waals surface area contributed by atoms with Crippen LogP contribution in [0.2, 0.25) is 0 Å². The monoisotopic (exact) mass is 891 g/mol. The molecule has 0 aromatic rings. The number of hydrogen-bond donors (Lipinski definition) is 0. The molecular weight excluding hydrogens is 793 g/mol. The van der Waals surface area contributed by atoms with Crippen LogP contribution in [0.5, 0.6) is 0 Å². The van der Waals surface area contributed by atoms with E-state index >= 15 is 0 Å². The maximum atomic E-state index is 12.7. The van der Waals surface area contributed by atoms with Crippen LogP contribution < -0.4 is 0 Å². The third kappa shape index (κ3) is 49.6. The molecule has 0 fully saturated rings. The molecule has 0 aliphatic rings. The van der Waals surface area contributed by atoms with Crippen molar-refractivity contribution in [2.24, 2.45) is 0 Å². The summed E-state index contributed by atoms with van der Waals surface area (Å²) in [5.41, 5.74) is 0. The number of unbranched alkanes of at least 4 members (excludes halogenated alkanes) is 22. The first kappa shape index (κ1) is 60.6. The van der Waals surface area contributed by atoms with Crippen LogP contribution in [0, 0.1) is 0 Å². The van der Waals surface area contributed by atoms with Crippen LogP contribution in [0.4, 0.5) is 0 Å². The molecule has 1 unspecified atom stereocenters. The highest BCUT2D eigenvalue weighted by atomic mass is 16.6. The number of esters is 3. The van der Waals surface area contributed by atoms with Crippen LogP contribution in [0.15, 0.2) is 85.1 Å². The molecule has 0 saturated carbocycles. The van der Waals surface area contributed by atoms with Crippen molar-refractivity contribution < 1.29 is 28.6 Å². The highest BCUT2D eigenvalue weighted by Gasteiger charge is 2.19. The van der Waals surface area contributed by atoms with Gasteiger partial charge >= 0.3 is 17.9 Å². The molecule has 366 valence electrons. The second-order valence-electron chi connectivity index (χ2n) is 17.4. The maximum absolute atomic E-state index is 12.7. The average Bonchev–Trinajstić information content (AvgIpc) is 3.29. The number of allylic oxidation sites excluding steroid dienone is 14. The number of hydrogen-bond acceptors (Lipinski definition) is 6. The molecular formula is C58H98O6. The predicted octanol–water partition coefficient (Wildman–Crippen LogP) is 17.6. The molecule has 64 heavy (non-hydrogen) atoms. The Labute approximate surface area is 395 Å². The van der Waals surface area contributed by atoms with Crippen LogP contribution >= 0.6 is 0 Å². The smallest absolute Gasteiger partial charge is 0.306 e. The topological polar surface area (TPSA) is 78.9 Å². The third-order valence-corrected chi connectivity index (χ3v) is 11.2. The lowest BCUT2D eigenvalue weighted by Gasteiger charge is -2.18. The zero-order chi connectivity index (χ0) is 46.5. The van der Waals surface area contributed by atoms with E-state index in [0.29, 0.717) is 19.3 Å². The van der Waals surface area contributed by atoms with Crippen LogP contribution in [0.1, 0.15) is 245 Å². The van der Waals surface area contributed by atoms with E-state index in [1.165, 1.54) is 89.9 Å². The summed E-state index contributed by atoms with van der Waals surface area (Å²) in [7, 11) is 0. The van der Waals surface area contributed by atoms with Crippen molar-refractivity contribution >= 4 is 17.9 Å². The van der Waals surface area contributed by atoms with E-state index < -0.39 is 6.10 Å². The molecule has 1 atom stereocenters. The van der Waals surface area contributed by atoms with Gasteiger partial charge in [-0.15, -0.1) is 0 Å². The Morgan fingerprint density at radius 3 is 0.953 bits per heavy atom. The van der Waals surface area contributed by atoms with Crippen LogP contribution in [-0.4, -0.2) is 37.2 Å². The SMILES string of the molecule is CC/C=C\C/C=C\C/C=C\C/C=C\C/C=C\C/C=C\C/C=C\CCCCCC(=O)OCC(COC(=O)CCCCCCC)OC(=O)CCCCCCCCCCCCCCCCCC. The Morgan fingerprint density at radius 2 is 0.609 bits per heavy atom. The Bertz CT molecular complexity index is 1250. The summed E-state index contributed by atoms with van der Waals surface area (Å²) < 4.78 is 16.7. The van der Waals surface area contributed by atoms with Gasteiger partial charge in [0, 0.05) is 19.3 Å². The van der Waals surface area contributed by atoms with Gasteiger partial charge in [0.15, 0.2) is 6.10 Å². The van der Waals surface area contributed by atoms with Gasteiger partial charge in [0.05, 0.1) is 0 Å². The quantitative estimate of drug-likeness (QED) is 0.0262. The number of ether oxygens (including phenoxy) is 3. The maximum Gasteiger partial charge on any atom is 0.306 e. The lowest BCUT2D eigenvalue weighted by molar-refractivity contribution is -0.167. The van der Waals surface area contributed by atoms with Gasteiger partial charge < -0.3 is 14.2 Å². The van der Waals surface area contributed by atoms with Crippen molar-refractivity contribution in [3.05, 3.63) is 85.1 Å². The molecule has 6 nitrogen and oxygen atoms in total. The van der Waals surface area contributed by atoms with Crippen molar-refractivity contribution in [1.82, 2.24) is 0 Å². The second-order valence-corrected chi connectivity index (χ2v) is 17.4. The molecule has 0 N–H and O–H groups in total. The Kier molecular flexibility index (Phi) is 49.4. The summed E-state index contributed by atoms with van der Waals surface area (Å²) in [6, 6.07) is 0. The van der Waals surface area contributed by atoms with Crippen LogP contribution in [0.3, 0.4) is 0 Å². The van der Waals surface area contributed by atoms with E-state index in [9.17, 15) is 14.4 Å². The number of rotatable bonds is 47. The predicted molar refractivity (Wildman–Crippen MR) is 274 cm³/mol. The van der Waals surface area contributed by atoms with Gasteiger partial charge in [-0.1, -0.05) is 234 Å². The molecule has 0 aliphatic carbocycles. The second kappa shape index (κ2) is 52.2. The first-order chi connectivity index (χ1) is 31.5. The summed E-state index contributed by atoms with van der Waals surface area (Å²) in [5, 5.41) is 0. The Hall–Kier alpha value is -3.41. The van der Waals surface area contributed by atoms with E-state index in [0.717, 1.165) is 116 Å². The zero-order valence-electron chi connectivity index (χ0n) is 41.8. The standard InChI is InChI=1S/C58H98O6/c1-4-7-10-13-15-17-19-21-23-25-26-27-28-29-30-31-32-33-35-36-38-40-42-45-48-51-57(60)63-54-55(53-62-56(59)50-47-44-12-9-6-3)64-58(61)52-49-46-43-41-39-37-34-24-22-20-18-16-14-11-8-5-2/h7,10,15,17,21,23,26-27,29-30,32-33,36,38,55H,4-6,8-9,11-14,16,18-20,22,24-25,28,31,34-35,37,39-54H2,1-3H3/b10-7-,17-15-,23-21-,27-26-,30-29-,33-32-,38-36-. The van der Waals surface area contributed by atoms with Gasteiger partial charge in [-0.3, -0.25) is 14.4 Å². The summed E-state index contributed by atoms with van der Waals surface area (Å²) >= 11 is 0. The average molecular weight is 891 g/mol. The van der Waals surface area contributed by atoms with Crippen LogP contribution in [-0.2, 0) is 28.6 Å². The van der Waals surface area contributed by atoms with Gasteiger partial charge in [0.2, 0.25) is 0 Å². The first-order valence-electron chi connectivity index (χ1n) is 26.6. The minimum atomic E-state index is -0.784. The lowest BCUT2D eigenvalue weighted by atomic mass is 10.0. The highest BCUT2D eigenvalue weighted by molar-refractivity contribution is 5.71. The van der Waals surface area contributed by atoms with Crippen molar-refractivity contribution in [1.29, 1.82) is 0 Å². The molecule has 0 amide bonds. The zero-order valence-corrected chi connectivity index (χ0v) is 41.8. The molecule has 0 bridgehead atoms. The van der Waals surface area contributed by atoms with Gasteiger partial charge in [-0.05, 0) is 77.0 Å². The molecule has 6 heteroatoms. The van der Waals surface area contributed by atoms with Crippen molar-refractivity contribution in [2.75, 3.05) is 13.2 Å². The van der Waals surface area contributed by atoms with E-state index in [4.69, 9.17) is 14.2 Å². The normalized spacial score (nSPS) is 12.7. The molecule has 0 aromatic heterocycles.